The molecule has 5 nitrogen and oxygen atoms in total. The summed E-state index contributed by atoms with van der Waals surface area (Å²) >= 11 is 2.61. The van der Waals surface area contributed by atoms with E-state index in [1.165, 1.54) is 0 Å². The molecule has 54 valence electrons. The minimum absolute atomic E-state index is 0.490. The number of nitrogens with zero attached hydrogens (tertiary/aromatic N) is 1. The van der Waals surface area contributed by atoms with E-state index in [9.17, 15) is 10.1 Å². The normalized spacial score (nSPS) is 18.2. The van der Waals surface area contributed by atoms with Crippen LogP contribution in [0.4, 0.5) is 0 Å². The summed E-state index contributed by atoms with van der Waals surface area (Å²) in [5.41, 5.74) is 0. The predicted octanol–water partition coefficient (Wildman–Crippen LogP) is -0.661. The SMILES string of the molecule is [2H]OCC(Br)(CO)[N+](=O)[O-]. The molecule has 1 atom stereocenters. The average Bonchev–Trinajstić information content (AvgIpc) is 1.88. The molecule has 0 saturated carbocycles. The largest absolute Gasteiger partial charge is 0.388 e. The third kappa shape index (κ3) is 1.88. The van der Waals surface area contributed by atoms with Gasteiger partial charge in [0, 0.05) is 20.9 Å². The van der Waals surface area contributed by atoms with Crippen LogP contribution >= 0.6 is 15.9 Å². The van der Waals surface area contributed by atoms with Gasteiger partial charge < -0.3 is 10.2 Å². The maximum Gasteiger partial charge on any atom is 0.319 e. The molecular formula is C3H6BrNO4. The number of nitro groups is 1. The molecule has 6 heteroatoms. The molecule has 2 N–H and O–H groups in total. The van der Waals surface area contributed by atoms with E-state index < -0.39 is 22.6 Å². The lowest BCUT2D eigenvalue weighted by Gasteiger charge is -2.11. The third-order valence-electron chi connectivity index (χ3n) is 0.791. The average molecular weight is 201 g/mol. The molecule has 1 unspecified atom stereocenters. The van der Waals surface area contributed by atoms with Crippen LogP contribution in [0.2, 0.25) is 0 Å². The van der Waals surface area contributed by atoms with Crippen LogP contribution in [0, 0.1) is 10.1 Å². The van der Waals surface area contributed by atoms with Crippen LogP contribution in [0.5, 0.6) is 0 Å². The Morgan fingerprint density at radius 2 is 2.44 bits per heavy atom. The van der Waals surface area contributed by atoms with Gasteiger partial charge in [-0.05, 0) is 0 Å². The first kappa shape index (κ1) is 6.91. The summed E-state index contributed by atoms with van der Waals surface area (Å²) in [6.07, 6.45) is 0. The maximum absolute atomic E-state index is 10.1. The van der Waals surface area contributed by atoms with Crippen LogP contribution in [-0.4, -0.2) is 34.2 Å². The third-order valence-corrected chi connectivity index (χ3v) is 1.56. The van der Waals surface area contributed by atoms with E-state index in [0.29, 0.717) is 0 Å². The molecule has 0 aliphatic rings. The molecular weight excluding hydrogens is 194 g/mol. The van der Waals surface area contributed by atoms with Crippen molar-refractivity contribution in [1.29, 1.82) is 1.43 Å². The Bertz CT molecular complexity index is 134. The lowest BCUT2D eigenvalue weighted by molar-refractivity contribution is -0.542. The fourth-order valence-corrected chi connectivity index (χ4v) is 0.156. The number of hydrogen-bond acceptors (Lipinski definition) is 4. The Kier molecular flexibility index (Phi) is 2.38. The molecule has 0 fully saturated rings. The number of aliphatic hydroxyl groups is 2. The molecule has 0 amide bonds. The molecule has 0 saturated heterocycles. The minimum atomic E-state index is -1.73. The zero-order valence-electron chi connectivity index (χ0n) is 5.41. The van der Waals surface area contributed by atoms with Crippen LogP contribution in [0.25, 0.3) is 0 Å². The first-order valence-corrected chi connectivity index (χ1v) is 2.88. The summed E-state index contributed by atoms with van der Waals surface area (Å²) in [5, 5.41) is 22.3. The monoisotopic (exact) mass is 200 g/mol. The smallest absolute Gasteiger partial charge is 0.319 e. The van der Waals surface area contributed by atoms with E-state index in [-0.39, 0.29) is 0 Å². The lowest BCUT2D eigenvalue weighted by Crippen LogP contribution is -2.39. The molecule has 0 spiro atoms. The topological polar surface area (TPSA) is 83.6 Å². The van der Waals surface area contributed by atoms with Crippen molar-refractivity contribution in [3.8, 4) is 0 Å². The van der Waals surface area contributed by atoms with Gasteiger partial charge in [0.25, 0.3) is 0 Å². The molecule has 0 radical (unpaired) electrons. The Morgan fingerprint density at radius 3 is 2.56 bits per heavy atom. The van der Waals surface area contributed by atoms with Gasteiger partial charge in [-0.1, -0.05) is 0 Å². The van der Waals surface area contributed by atoms with Crippen molar-refractivity contribution in [2.45, 2.75) is 4.45 Å². The molecule has 0 heterocycles. The van der Waals surface area contributed by atoms with Crippen LogP contribution < -0.4 is 0 Å². The number of alkyl halides is 1. The van der Waals surface area contributed by atoms with Gasteiger partial charge >= 0.3 is 4.45 Å². The molecule has 0 aromatic rings. The summed E-state index contributed by atoms with van der Waals surface area (Å²) in [6, 6.07) is 0. The molecule has 0 aliphatic carbocycles. The first-order chi connectivity index (χ1) is 4.56. The van der Waals surface area contributed by atoms with E-state index >= 15 is 0 Å². The van der Waals surface area contributed by atoms with E-state index in [4.69, 9.17) is 6.54 Å². The Balaban J connectivity index is 4.08. The highest BCUT2D eigenvalue weighted by Crippen LogP contribution is 2.15. The van der Waals surface area contributed by atoms with E-state index in [1.807, 2.05) is 0 Å². The second-order valence-electron chi connectivity index (χ2n) is 1.48. The molecule has 0 rings (SSSR count). The summed E-state index contributed by atoms with van der Waals surface area (Å²) in [5.74, 6) is 0. The van der Waals surface area contributed by atoms with Crippen molar-refractivity contribution < 1.29 is 15.1 Å². The molecule has 0 aliphatic heterocycles. The number of hydrogen-bond donors (Lipinski definition) is 2. The van der Waals surface area contributed by atoms with Gasteiger partial charge in [0.2, 0.25) is 1.43 Å². The number of rotatable bonds is 4. The Morgan fingerprint density at radius 1 is 1.89 bits per heavy atom. The summed E-state index contributed by atoms with van der Waals surface area (Å²) < 4.78 is 4.48. The van der Waals surface area contributed by atoms with Crippen LogP contribution in [0.3, 0.4) is 0 Å². The zero-order valence-corrected chi connectivity index (χ0v) is 6.00. The maximum atomic E-state index is 10.1. The van der Waals surface area contributed by atoms with Crippen molar-refractivity contribution in [2.24, 2.45) is 0 Å². The van der Waals surface area contributed by atoms with E-state index in [0.717, 1.165) is 0 Å². The second kappa shape index (κ2) is 3.09. The van der Waals surface area contributed by atoms with Gasteiger partial charge in [-0.2, -0.15) is 0 Å². The summed E-state index contributed by atoms with van der Waals surface area (Å²) in [7, 11) is 0. The second-order valence-corrected chi connectivity index (χ2v) is 2.95. The van der Waals surface area contributed by atoms with Crippen molar-refractivity contribution in [2.75, 3.05) is 13.2 Å². The Labute approximate surface area is 61.1 Å². The van der Waals surface area contributed by atoms with Gasteiger partial charge in [0.15, 0.2) is 0 Å². The molecule has 0 bridgehead atoms. The molecule has 9 heavy (non-hydrogen) atoms. The Hall–Kier alpha value is -0.200. The van der Waals surface area contributed by atoms with Crippen molar-refractivity contribution in [3.63, 3.8) is 0 Å². The molecule has 0 aromatic carbocycles. The van der Waals surface area contributed by atoms with Crippen LogP contribution in [0.15, 0.2) is 0 Å². The van der Waals surface area contributed by atoms with Crippen molar-refractivity contribution >= 4 is 15.9 Å². The van der Waals surface area contributed by atoms with Crippen molar-refractivity contribution in [3.05, 3.63) is 10.1 Å². The van der Waals surface area contributed by atoms with Gasteiger partial charge in [-0.15, -0.1) is 0 Å². The van der Waals surface area contributed by atoms with E-state index in [1.54, 1.807) is 0 Å². The van der Waals surface area contributed by atoms with Gasteiger partial charge in [-0.3, -0.25) is 10.1 Å². The highest BCUT2D eigenvalue weighted by molar-refractivity contribution is 9.10. The zero-order chi connectivity index (χ0) is 8.20. The highest BCUT2D eigenvalue weighted by atomic mass is 79.9. The molecule has 0 aromatic heterocycles. The fourth-order valence-electron chi connectivity index (χ4n) is 0.156. The summed E-state index contributed by atoms with van der Waals surface area (Å²) in [6.45, 7) is -1.20. The summed E-state index contributed by atoms with van der Waals surface area (Å²) in [4.78, 5) is 9.33. The quantitative estimate of drug-likeness (QED) is 0.273. The van der Waals surface area contributed by atoms with Gasteiger partial charge in [0.1, 0.15) is 13.2 Å². The fraction of sp³-hybridized carbons (Fsp3) is 1.00. The minimum Gasteiger partial charge on any atom is -0.388 e. The highest BCUT2D eigenvalue weighted by Gasteiger charge is 2.38. The van der Waals surface area contributed by atoms with Crippen molar-refractivity contribution in [1.82, 2.24) is 0 Å². The van der Waals surface area contributed by atoms with E-state index in [2.05, 4.69) is 21.0 Å². The first-order valence-electron chi connectivity index (χ1n) is 2.50. The van der Waals surface area contributed by atoms with Crippen LogP contribution in [-0.2, 0) is 0 Å². The standard InChI is InChI=1S/C3H6BrNO4/c4-3(1-6,2-7)5(8)9/h6-7H,1-2H2/i6D. The van der Waals surface area contributed by atoms with Gasteiger partial charge in [-0.25, -0.2) is 0 Å². The predicted molar refractivity (Wildman–Crippen MR) is 32.8 cm³/mol. The number of halogens is 1. The number of aliphatic hydroxyl groups excluding tert-OH is 2. The van der Waals surface area contributed by atoms with Crippen LogP contribution in [0.1, 0.15) is 0 Å². The lowest BCUT2D eigenvalue weighted by atomic mass is 10.4. The van der Waals surface area contributed by atoms with Gasteiger partial charge in [0.05, 0.1) is 0 Å².